The van der Waals surface area contributed by atoms with E-state index in [0.717, 1.165) is 19.3 Å². The Morgan fingerprint density at radius 1 is 1.04 bits per heavy atom. The predicted octanol–water partition coefficient (Wildman–Crippen LogP) is 2.87. The van der Waals surface area contributed by atoms with Crippen LogP contribution < -0.4 is 11.1 Å². The molecule has 0 aliphatic heterocycles. The Morgan fingerprint density at radius 2 is 1.56 bits per heavy atom. The number of esters is 1. The fourth-order valence-electron chi connectivity index (χ4n) is 5.63. The van der Waals surface area contributed by atoms with Gasteiger partial charge in [0.2, 0.25) is 5.91 Å². The molecule has 0 heterocycles. The van der Waals surface area contributed by atoms with Crippen LogP contribution in [0.25, 0.3) is 0 Å². The van der Waals surface area contributed by atoms with Crippen LogP contribution in [0.1, 0.15) is 55.8 Å². The molecule has 0 unspecified atom stereocenters. The number of rotatable bonds is 5. The summed E-state index contributed by atoms with van der Waals surface area (Å²) >= 11 is 0. The van der Waals surface area contributed by atoms with Crippen LogP contribution in [-0.4, -0.2) is 23.9 Å². The third kappa shape index (κ3) is 3.45. The van der Waals surface area contributed by atoms with E-state index in [2.05, 4.69) is 5.32 Å². The van der Waals surface area contributed by atoms with Crippen molar-refractivity contribution in [1.82, 2.24) is 0 Å². The van der Waals surface area contributed by atoms with Crippen LogP contribution >= 0.6 is 0 Å². The molecule has 0 saturated heterocycles. The number of hydrogen-bond acceptors (Lipinski definition) is 4. The third-order valence-electron chi connectivity index (χ3n) is 6.58. The molecule has 4 aliphatic rings. The van der Waals surface area contributed by atoms with Gasteiger partial charge in [-0.2, -0.15) is 0 Å². The Kier molecular flexibility index (Phi) is 4.44. The molecule has 27 heavy (non-hydrogen) atoms. The first-order valence-electron chi connectivity index (χ1n) is 9.76. The van der Waals surface area contributed by atoms with Crippen LogP contribution in [0.5, 0.6) is 0 Å². The highest BCUT2D eigenvalue weighted by molar-refractivity contribution is 5.97. The maximum Gasteiger partial charge on any atom is 0.338 e. The maximum absolute atomic E-state index is 13.1. The summed E-state index contributed by atoms with van der Waals surface area (Å²) in [5, 5.41) is 3.06. The average Bonchev–Trinajstić information content (AvgIpc) is 2.61. The molecule has 1 aromatic rings. The topological polar surface area (TPSA) is 98.5 Å². The van der Waals surface area contributed by atoms with Crippen molar-refractivity contribution in [2.24, 2.45) is 28.9 Å². The summed E-state index contributed by atoms with van der Waals surface area (Å²) in [6, 6.07) is 6.57. The van der Waals surface area contributed by atoms with Gasteiger partial charge in [0.05, 0.1) is 11.0 Å². The summed E-state index contributed by atoms with van der Waals surface area (Å²) in [6.45, 7) is 1.43. The first-order chi connectivity index (χ1) is 12.8. The Morgan fingerprint density at radius 3 is 2.04 bits per heavy atom. The number of primary amides is 1. The van der Waals surface area contributed by atoms with Gasteiger partial charge in [-0.1, -0.05) is 0 Å². The molecular formula is C21H26N2O4. The minimum Gasteiger partial charge on any atom is -0.449 e. The van der Waals surface area contributed by atoms with Gasteiger partial charge in [-0.05, 0) is 87.5 Å². The van der Waals surface area contributed by atoms with Crippen molar-refractivity contribution < 1.29 is 19.1 Å². The maximum atomic E-state index is 13.1. The Balaban J connectivity index is 1.41. The number of ether oxygens (including phenoxy) is 1. The highest BCUT2D eigenvalue weighted by Crippen LogP contribution is 2.60. The molecule has 4 saturated carbocycles. The zero-order chi connectivity index (χ0) is 19.2. The molecule has 0 radical (unpaired) electrons. The Bertz CT molecular complexity index is 736. The highest BCUT2D eigenvalue weighted by Gasteiger charge is 2.54. The van der Waals surface area contributed by atoms with Gasteiger partial charge in [0.1, 0.15) is 0 Å². The molecule has 0 aromatic heterocycles. The van der Waals surface area contributed by atoms with Crippen molar-refractivity contribution in [2.75, 3.05) is 5.32 Å². The van der Waals surface area contributed by atoms with Gasteiger partial charge in [0, 0.05) is 5.69 Å². The minimum absolute atomic E-state index is 0.124. The third-order valence-corrected chi connectivity index (χ3v) is 6.58. The molecular weight excluding hydrogens is 344 g/mol. The van der Waals surface area contributed by atoms with Gasteiger partial charge < -0.3 is 15.8 Å². The van der Waals surface area contributed by atoms with E-state index < -0.39 is 18.0 Å². The summed E-state index contributed by atoms with van der Waals surface area (Å²) in [6.07, 6.45) is 5.96. The van der Waals surface area contributed by atoms with Gasteiger partial charge in [-0.15, -0.1) is 0 Å². The second-order valence-corrected chi connectivity index (χ2v) is 8.68. The molecule has 0 spiro atoms. The van der Waals surface area contributed by atoms with Gasteiger partial charge in [0.25, 0.3) is 5.91 Å². The molecule has 4 aliphatic carbocycles. The van der Waals surface area contributed by atoms with Crippen molar-refractivity contribution in [3.8, 4) is 0 Å². The number of carbonyl (C=O) groups excluding carboxylic acids is 3. The highest BCUT2D eigenvalue weighted by atomic mass is 16.5. The van der Waals surface area contributed by atoms with E-state index in [4.69, 9.17) is 10.5 Å². The van der Waals surface area contributed by atoms with Crippen LogP contribution in [0.2, 0.25) is 0 Å². The lowest BCUT2D eigenvalue weighted by molar-refractivity contribution is -0.140. The molecule has 4 fully saturated rings. The van der Waals surface area contributed by atoms with Crippen LogP contribution in [0, 0.1) is 23.2 Å². The number of carbonyl (C=O) groups is 3. The number of benzene rings is 1. The van der Waals surface area contributed by atoms with Crippen molar-refractivity contribution >= 4 is 23.5 Å². The van der Waals surface area contributed by atoms with Crippen LogP contribution in [0.3, 0.4) is 0 Å². The average molecular weight is 370 g/mol. The van der Waals surface area contributed by atoms with E-state index in [1.54, 1.807) is 24.3 Å². The summed E-state index contributed by atoms with van der Waals surface area (Å²) in [5.41, 5.74) is 5.89. The Labute approximate surface area is 158 Å². The van der Waals surface area contributed by atoms with Crippen LogP contribution in [0.15, 0.2) is 24.3 Å². The van der Waals surface area contributed by atoms with Crippen molar-refractivity contribution in [3.05, 3.63) is 29.8 Å². The van der Waals surface area contributed by atoms with Crippen LogP contribution in [-0.2, 0) is 14.3 Å². The first kappa shape index (κ1) is 18.0. The summed E-state index contributed by atoms with van der Waals surface area (Å²) < 4.78 is 4.98. The standard InChI is InChI=1S/C21H26N2O4/c1-12(18(22)24)27-19(25)16-2-4-17(5-3-16)23-20(26)21-9-13-6-14(10-21)8-15(7-13)11-21/h2-5,12-15H,6-11H2,1H3,(H2,22,24)(H,23,26)/t12-,13?,14?,15?,21?/m1/s1. The molecule has 144 valence electrons. The smallest absolute Gasteiger partial charge is 0.338 e. The van der Waals surface area contributed by atoms with E-state index >= 15 is 0 Å². The van der Waals surface area contributed by atoms with E-state index in [1.807, 2.05) is 0 Å². The number of anilines is 1. The molecule has 3 N–H and O–H groups in total. The molecule has 5 rings (SSSR count). The van der Waals surface area contributed by atoms with Gasteiger partial charge in [-0.25, -0.2) is 4.79 Å². The van der Waals surface area contributed by atoms with Crippen molar-refractivity contribution in [2.45, 2.75) is 51.6 Å². The zero-order valence-electron chi connectivity index (χ0n) is 15.6. The van der Waals surface area contributed by atoms with Gasteiger partial charge >= 0.3 is 5.97 Å². The predicted molar refractivity (Wildman–Crippen MR) is 99.7 cm³/mol. The van der Waals surface area contributed by atoms with Crippen LogP contribution in [0.4, 0.5) is 5.69 Å². The zero-order valence-corrected chi connectivity index (χ0v) is 15.6. The molecule has 6 nitrogen and oxygen atoms in total. The van der Waals surface area contributed by atoms with Gasteiger partial charge in [0.15, 0.2) is 6.10 Å². The molecule has 4 bridgehead atoms. The normalized spacial score (nSPS) is 32.0. The number of nitrogens with two attached hydrogens (primary N) is 1. The number of hydrogen-bond donors (Lipinski definition) is 2. The second kappa shape index (κ2) is 6.66. The molecule has 6 heteroatoms. The Hall–Kier alpha value is -2.37. The van der Waals surface area contributed by atoms with E-state index in [-0.39, 0.29) is 11.3 Å². The second-order valence-electron chi connectivity index (χ2n) is 8.68. The quantitative estimate of drug-likeness (QED) is 0.779. The van der Waals surface area contributed by atoms with Crippen molar-refractivity contribution in [1.29, 1.82) is 0 Å². The summed E-state index contributed by atoms with van der Waals surface area (Å²) in [5.74, 6) is 0.964. The van der Waals surface area contributed by atoms with Crippen molar-refractivity contribution in [3.63, 3.8) is 0 Å². The number of amides is 2. The lowest BCUT2D eigenvalue weighted by Gasteiger charge is -2.55. The first-order valence-corrected chi connectivity index (χ1v) is 9.76. The molecule has 1 atom stereocenters. The monoisotopic (exact) mass is 370 g/mol. The molecule has 1 aromatic carbocycles. The van der Waals surface area contributed by atoms with Gasteiger partial charge in [-0.3, -0.25) is 9.59 Å². The fourth-order valence-corrected chi connectivity index (χ4v) is 5.63. The summed E-state index contributed by atoms with van der Waals surface area (Å²) in [7, 11) is 0. The minimum atomic E-state index is -0.979. The SMILES string of the molecule is C[C@@H](OC(=O)c1ccc(NC(=O)C23CC4CC(CC(C4)C2)C3)cc1)C(N)=O. The number of nitrogens with one attached hydrogen (secondary N) is 1. The van der Waals surface area contributed by atoms with E-state index in [9.17, 15) is 14.4 Å². The lowest BCUT2D eigenvalue weighted by Crippen LogP contribution is -2.51. The molecule has 2 amide bonds. The van der Waals surface area contributed by atoms with E-state index in [1.165, 1.54) is 26.2 Å². The fraction of sp³-hybridized carbons (Fsp3) is 0.571. The summed E-state index contributed by atoms with van der Waals surface area (Å²) in [4.78, 5) is 36.1. The largest absolute Gasteiger partial charge is 0.449 e. The lowest BCUT2D eigenvalue weighted by atomic mass is 9.49. The van der Waals surface area contributed by atoms with E-state index in [0.29, 0.717) is 29.0 Å².